The second kappa shape index (κ2) is 5.54. The van der Waals surface area contributed by atoms with Crippen LogP contribution < -0.4 is 5.32 Å². The molecule has 100 valence electrons. The number of carbonyl (C=O) groups is 1. The molecule has 2 aromatic heterocycles. The predicted octanol–water partition coefficient (Wildman–Crippen LogP) is 2.33. The normalized spacial score (nSPS) is 10.5. The Kier molecular flexibility index (Phi) is 4.01. The van der Waals surface area contributed by atoms with Gasteiger partial charge in [0.15, 0.2) is 10.3 Å². The zero-order valence-electron chi connectivity index (χ0n) is 10.3. The van der Waals surface area contributed by atoms with Gasteiger partial charge in [-0.25, -0.2) is 9.97 Å². The minimum atomic E-state index is -0.367. The van der Waals surface area contributed by atoms with Crippen LogP contribution in [0.3, 0.4) is 0 Å². The summed E-state index contributed by atoms with van der Waals surface area (Å²) in [6.45, 7) is 1.96. The Hall–Kier alpha value is -1.66. The lowest BCUT2D eigenvalue weighted by atomic mass is 10.3. The molecular formula is C11H11Cl2N5O. The highest BCUT2D eigenvalue weighted by molar-refractivity contribution is 6.38. The number of aromatic nitrogens is 4. The minimum absolute atomic E-state index is 0.0891. The van der Waals surface area contributed by atoms with E-state index in [1.165, 1.54) is 11.0 Å². The van der Waals surface area contributed by atoms with Crippen LogP contribution in [0.15, 0.2) is 12.4 Å². The maximum Gasteiger partial charge on any atom is 0.274 e. The summed E-state index contributed by atoms with van der Waals surface area (Å²) in [5.41, 5.74) is 1.43. The van der Waals surface area contributed by atoms with Gasteiger partial charge in [0.05, 0.1) is 5.69 Å². The van der Waals surface area contributed by atoms with Gasteiger partial charge in [-0.05, 0) is 12.5 Å². The van der Waals surface area contributed by atoms with E-state index in [9.17, 15) is 4.79 Å². The monoisotopic (exact) mass is 299 g/mol. The molecule has 0 aromatic carbocycles. The Labute approximate surface area is 119 Å². The highest BCUT2D eigenvalue weighted by Crippen LogP contribution is 2.26. The molecule has 8 heteroatoms. The van der Waals surface area contributed by atoms with Crippen molar-refractivity contribution in [3.05, 3.63) is 34.1 Å². The lowest BCUT2D eigenvalue weighted by Crippen LogP contribution is -2.17. The zero-order valence-corrected chi connectivity index (χ0v) is 11.8. The number of hydrogen-bond donors (Lipinski definition) is 1. The van der Waals surface area contributed by atoms with Gasteiger partial charge in [0.2, 0.25) is 0 Å². The fourth-order valence-corrected chi connectivity index (χ4v) is 1.95. The van der Waals surface area contributed by atoms with Crippen LogP contribution in [0.1, 0.15) is 23.1 Å². The van der Waals surface area contributed by atoms with Crippen LogP contribution in [0.5, 0.6) is 0 Å². The molecular weight excluding hydrogens is 289 g/mol. The van der Waals surface area contributed by atoms with Crippen molar-refractivity contribution >= 4 is 34.8 Å². The first kappa shape index (κ1) is 13.8. The first-order chi connectivity index (χ1) is 9.02. The molecule has 2 rings (SSSR count). The van der Waals surface area contributed by atoms with Crippen molar-refractivity contribution in [1.82, 2.24) is 19.7 Å². The first-order valence-corrected chi connectivity index (χ1v) is 6.28. The first-order valence-electron chi connectivity index (χ1n) is 5.53. The van der Waals surface area contributed by atoms with E-state index < -0.39 is 0 Å². The Bertz CT molecular complexity index is 605. The molecule has 0 spiro atoms. The summed E-state index contributed by atoms with van der Waals surface area (Å²) in [5.74, 6) is -0.367. The third kappa shape index (κ3) is 2.85. The van der Waals surface area contributed by atoms with Gasteiger partial charge < -0.3 is 5.32 Å². The third-order valence-corrected chi connectivity index (χ3v) is 3.09. The molecule has 6 nitrogen and oxygen atoms in total. The van der Waals surface area contributed by atoms with Gasteiger partial charge in [0, 0.05) is 7.05 Å². The number of aryl methyl sites for hydroxylation is 2. The fourth-order valence-electron chi connectivity index (χ4n) is 1.54. The zero-order chi connectivity index (χ0) is 14.0. The molecule has 0 fully saturated rings. The van der Waals surface area contributed by atoms with Crippen LogP contribution in [0.4, 0.5) is 5.69 Å². The molecule has 0 radical (unpaired) electrons. The maximum atomic E-state index is 12.1. The van der Waals surface area contributed by atoms with Crippen LogP contribution in [0.25, 0.3) is 0 Å². The van der Waals surface area contributed by atoms with Gasteiger partial charge in [0.1, 0.15) is 17.7 Å². The second-order valence-electron chi connectivity index (χ2n) is 3.78. The van der Waals surface area contributed by atoms with Crippen molar-refractivity contribution in [2.75, 3.05) is 5.32 Å². The summed E-state index contributed by atoms with van der Waals surface area (Å²) in [4.78, 5) is 19.7. The lowest BCUT2D eigenvalue weighted by molar-refractivity contribution is 0.101. The molecule has 2 aromatic rings. The predicted molar refractivity (Wildman–Crippen MR) is 72.6 cm³/mol. The number of anilines is 1. The fraction of sp³-hybridized carbons (Fsp3) is 0.273. The SMILES string of the molecule is CCc1cc(C(=O)Nc2c(Cl)ncnc2Cl)n(C)n1. The van der Waals surface area contributed by atoms with Crippen LogP contribution in [-0.4, -0.2) is 25.7 Å². The molecule has 0 unspecified atom stereocenters. The average Bonchev–Trinajstić information content (AvgIpc) is 2.75. The Balaban J connectivity index is 2.28. The molecule has 0 bridgehead atoms. The molecule has 0 saturated heterocycles. The van der Waals surface area contributed by atoms with Gasteiger partial charge in [-0.15, -0.1) is 0 Å². The molecule has 2 heterocycles. The number of nitrogens with zero attached hydrogens (tertiary/aromatic N) is 4. The topological polar surface area (TPSA) is 72.7 Å². The largest absolute Gasteiger partial charge is 0.315 e. The molecule has 1 N–H and O–H groups in total. The van der Waals surface area contributed by atoms with Crippen molar-refractivity contribution in [3.63, 3.8) is 0 Å². The highest BCUT2D eigenvalue weighted by atomic mass is 35.5. The number of halogens is 2. The van der Waals surface area contributed by atoms with E-state index >= 15 is 0 Å². The van der Waals surface area contributed by atoms with Crippen LogP contribution in [0, 0.1) is 0 Å². The van der Waals surface area contributed by atoms with Crippen molar-refractivity contribution in [3.8, 4) is 0 Å². The van der Waals surface area contributed by atoms with Crippen molar-refractivity contribution in [1.29, 1.82) is 0 Å². The van der Waals surface area contributed by atoms with Crippen molar-refractivity contribution in [2.45, 2.75) is 13.3 Å². The van der Waals surface area contributed by atoms with E-state index in [0.717, 1.165) is 12.1 Å². The lowest BCUT2D eigenvalue weighted by Gasteiger charge is -2.07. The van der Waals surface area contributed by atoms with Crippen LogP contribution in [0.2, 0.25) is 10.3 Å². The average molecular weight is 300 g/mol. The Morgan fingerprint density at radius 3 is 2.53 bits per heavy atom. The van der Waals surface area contributed by atoms with E-state index in [1.807, 2.05) is 6.92 Å². The summed E-state index contributed by atoms with van der Waals surface area (Å²) in [6.07, 6.45) is 1.97. The molecule has 0 aliphatic carbocycles. The molecule has 1 amide bonds. The maximum absolute atomic E-state index is 12.1. The third-order valence-electron chi connectivity index (χ3n) is 2.52. The summed E-state index contributed by atoms with van der Waals surface area (Å²) < 4.78 is 1.50. The molecule has 0 atom stereocenters. The van der Waals surface area contributed by atoms with E-state index in [2.05, 4.69) is 20.4 Å². The van der Waals surface area contributed by atoms with Crippen molar-refractivity contribution in [2.24, 2.45) is 7.05 Å². The van der Waals surface area contributed by atoms with Gasteiger partial charge in [-0.2, -0.15) is 5.10 Å². The standard InChI is InChI=1S/C11H11Cl2N5O/c1-3-6-4-7(18(2)17-6)11(19)16-8-9(12)14-5-15-10(8)13/h4-5H,3H2,1-2H3,(H,16,19). The second-order valence-corrected chi connectivity index (χ2v) is 4.50. The van der Waals surface area contributed by atoms with Gasteiger partial charge >= 0.3 is 0 Å². The number of rotatable bonds is 3. The number of carbonyl (C=O) groups excluding carboxylic acids is 1. The number of nitrogens with one attached hydrogen (secondary N) is 1. The summed E-state index contributed by atoms with van der Waals surface area (Å²) in [6, 6.07) is 1.71. The van der Waals surface area contributed by atoms with E-state index in [4.69, 9.17) is 23.2 Å². The van der Waals surface area contributed by atoms with E-state index in [-0.39, 0.29) is 21.9 Å². The van der Waals surface area contributed by atoms with Crippen LogP contribution in [-0.2, 0) is 13.5 Å². The number of amides is 1. The van der Waals surface area contributed by atoms with Crippen molar-refractivity contribution < 1.29 is 4.79 Å². The van der Waals surface area contributed by atoms with Gasteiger partial charge in [-0.1, -0.05) is 30.1 Å². The Morgan fingerprint density at radius 1 is 1.37 bits per heavy atom. The van der Waals surface area contributed by atoms with E-state index in [0.29, 0.717) is 5.69 Å². The molecule has 0 aliphatic heterocycles. The van der Waals surface area contributed by atoms with Gasteiger partial charge in [0.25, 0.3) is 5.91 Å². The smallest absolute Gasteiger partial charge is 0.274 e. The molecule has 0 aliphatic rings. The molecule has 0 saturated carbocycles. The highest BCUT2D eigenvalue weighted by Gasteiger charge is 2.16. The summed E-state index contributed by atoms with van der Waals surface area (Å²) in [7, 11) is 1.69. The summed E-state index contributed by atoms with van der Waals surface area (Å²) in [5, 5.41) is 6.96. The molecule has 19 heavy (non-hydrogen) atoms. The quantitative estimate of drug-likeness (QED) is 0.883. The summed E-state index contributed by atoms with van der Waals surface area (Å²) >= 11 is 11.7. The minimum Gasteiger partial charge on any atom is -0.315 e. The Morgan fingerprint density at radius 2 is 2.00 bits per heavy atom. The van der Waals surface area contributed by atoms with Crippen LogP contribution >= 0.6 is 23.2 Å². The van der Waals surface area contributed by atoms with E-state index in [1.54, 1.807) is 13.1 Å². The number of hydrogen-bond acceptors (Lipinski definition) is 4. The van der Waals surface area contributed by atoms with Gasteiger partial charge in [-0.3, -0.25) is 9.48 Å².